The van der Waals surface area contributed by atoms with Crippen LogP contribution in [0.2, 0.25) is 0 Å². The highest BCUT2D eigenvalue weighted by atomic mass is 31.2. The predicted octanol–water partition coefficient (Wildman–Crippen LogP) is 0.585. The summed E-state index contributed by atoms with van der Waals surface area (Å²) in [6.45, 7) is 1.56. The first-order chi connectivity index (χ1) is 7.03. The van der Waals surface area contributed by atoms with Gasteiger partial charge in [-0.3, -0.25) is 4.89 Å². The molecule has 8 nitrogen and oxygen atoms in total. The summed E-state index contributed by atoms with van der Waals surface area (Å²) in [5, 5.41) is 0. The second kappa shape index (κ2) is 4.81. The molecule has 1 atom stereocenters. The van der Waals surface area contributed by atoms with Gasteiger partial charge >= 0.3 is 14.0 Å². The van der Waals surface area contributed by atoms with Gasteiger partial charge in [0.2, 0.25) is 0 Å². The Hall–Kier alpha value is -1.53. The Morgan fingerprint density at radius 1 is 1.67 bits per heavy atom. The van der Waals surface area contributed by atoms with Crippen molar-refractivity contribution in [3.63, 3.8) is 0 Å². The minimum Gasteiger partial charge on any atom is -0.434 e. The van der Waals surface area contributed by atoms with Gasteiger partial charge in [-0.25, -0.2) is 14.3 Å². The van der Waals surface area contributed by atoms with E-state index >= 15 is 0 Å². The molecular weight excluding hydrogens is 227 g/mol. The molecule has 9 heteroatoms. The van der Waals surface area contributed by atoms with Crippen molar-refractivity contribution in [3.05, 3.63) is 18.7 Å². The van der Waals surface area contributed by atoms with Gasteiger partial charge in [0.15, 0.2) is 0 Å². The molecule has 1 rings (SSSR count). The van der Waals surface area contributed by atoms with Crippen molar-refractivity contribution in [1.82, 2.24) is 9.71 Å². The molecule has 1 unspecified atom stereocenters. The fourth-order valence-electron chi connectivity index (χ4n) is 0.669. The zero-order chi connectivity index (χ0) is 11.3. The number of aromatic nitrogens is 2. The first-order valence-electron chi connectivity index (χ1n) is 3.90. The molecule has 1 aromatic rings. The van der Waals surface area contributed by atoms with Gasteiger partial charge in [0.25, 0.3) is 0 Å². The summed E-state index contributed by atoms with van der Waals surface area (Å²) in [6, 6.07) is 0. The van der Waals surface area contributed by atoms with Crippen LogP contribution in [0.3, 0.4) is 0 Å². The Kier molecular flexibility index (Phi) is 3.70. The maximum absolute atomic E-state index is 11.1. The summed E-state index contributed by atoms with van der Waals surface area (Å²) < 4.78 is 24.7. The van der Waals surface area contributed by atoms with Gasteiger partial charge < -0.3 is 13.9 Å². The molecule has 0 aliphatic rings. The van der Waals surface area contributed by atoms with E-state index in [1.165, 1.54) is 19.3 Å². The van der Waals surface area contributed by atoms with E-state index in [-0.39, 0.29) is 6.61 Å². The number of imidazole rings is 1. The molecule has 0 saturated heterocycles. The number of hydrogen-bond donors (Lipinski definition) is 1. The zero-order valence-electron chi connectivity index (χ0n) is 7.77. The van der Waals surface area contributed by atoms with Gasteiger partial charge in [0.05, 0.1) is 12.8 Å². The van der Waals surface area contributed by atoms with Crippen molar-refractivity contribution in [3.8, 4) is 0 Å². The Labute approximate surface area is 85.0 Å². The van der Waals surface area contributed by atoms with E-state index in [1.807, 2.05) is 0 Å². The minimum absolute atomic E-state index is 0.0317. The van der Waals surface area contributed by atoms with Crippen molar-refractivity contribution < 1.29 is 28.1 Å². The molecule has 0 saturated carbocycles. The topological polar surface area (TPSA) is 99.9 Å². The molecule has 1 aromatic heterocycles. The van der Waals surface area contributed by atoms with Crippen LogP contribution in [0.5, 0.6) is 0 Å². The van der Waals surface area contributed by atoms with Crippen LogP contribution in [0.25, 0.3) is 0 Å². The average molecular weight is 236 g/mol. The van der Waals surface area contributed by atoms with E-state index in [0.29, 0.717) is 0 Å². The van der Waals surface area contributed by atoms with Crippen molar-refractivity contribution in [1.29, 1.82) is 0 Å². The molecule has 1 N–H and O–H groups in total. The summed E-state index contributed by atoms with van der Waals surface area (Å²) in [5.74, 6) is 0. The monoisotopic (exact) mass is 236 g/mol. The quantitative estimate of drug-likeness (QED) is 0.602. The number of ether oxygens (including phenoxy) is 1. The lowest BCUT2D eigenvalue weighted by atomic mass is 10.9. The first-order valence-corrected chi connectivity index (χ1v) is 5.40. The predicted molar refractivity (Wildman–Crippen MR) is 46.7 cm³/mol. The van der Waals surface area contributed by atoms with E-state index in [0.717, 1.165) is 11.1 Å². The third kappa shape index (κ3) is 4.01. The van der Waals surface area contributed by atoms with Crippen molar-refractivity contribution >= 4 is 14.0 Å². The summed E-state index contributed by atoms with van der Waals surface area (Å²) >= 11 is 0. The SMILES string of the molecule is CCOC(=O)OP(=O)(O)On1ccnc1. The normalized spacial score (nSPS) is 14.0. The summed E-state index contributed by atoms with van der Waals surface area (Å²) in [4.78, 5) is 23.3. The summed E-state index contributed by atoms with van der Waals surface area (Å²) in [5.41, 5.74) is 0. The summed E-state index contributed by atoms with van der Waals surface area (Å²) in [6.07, 6.45) is 2.43. The highest BCUT2D eigenvalue weighted by Crippen LogP contribution is 2.39. The number of phosphoric ester groups is 1. The number of carbonyl (C=O) groups excluding carboxylic acids is 1. The van der Waals surface area contributed by atoms with Gasteiger partial charge in [-0.2, -0.15) is 4.73 Å². The van der Waals surface area contributed by atoms with Crippen LogP contribution < -0.4 is 4.62 Å². The van der Waals surface area contributed by atoms with Gasteiger partial charge in [0, 0.05) is 6.20 Å². The molecule has 0 spiro atoms. The highest BCUT2D eigenvalue weighted by molar-refractivity contribution is 7.48. The first kappa shape index (κ1) is 11.5. The molecule has 0 amide bonds. The Morgan fingerprint density at radius 2 is 2.40 bits per heavy atom. The molecule has 15 heavy (non-hydrogen) atoms. The second-order valence-corrected chi connectivity index (χ2v) is 3.53. The lowest BCUT2D eigenvalue weighted by Crippen LogP contribution is -2.13. The molecule has 0 radical (unpaired) electrons. The second-order valence-electron chi connectivity index (χ2n) is 2.25. The number of rotatable bonds is 4. The fourth-order valence-corrected chi connectivity index (χ4v) is 1.28. The molecule has 0 bridgehead atoms. The maximum atomic E-state index is 11.1. The molecule has 0 fully saturated rings. The highest BCUT2D eigenvalue weighted by Gasteiger charge is 2.29. The van der Waals surface area contributed by atoms with E-state index in [2.05, 4.69) is 18.9 Å². The van der Waals surface area contributed by atoms with Crippen LogP contribution in [0, 0.1) is 0 Å². The Morgan fingerprint density at radius 3 is 2.93 bits per heavy atom. The van der Waals surface area contributed by atoms with Gasteiger partial charge in [-0.15, -0.1) is 0 Å². The minimum atomic E-state index is -4.52. The van der Waals surface area contributed by atoms with Crippen molar-refractivity contribution in [2.24, 2.45) is 0 Å². The Bertz CT molecular complexity index is 364. The van der Waals surface area contributed by atoms with E-state index in [1.54, 1.807) is 0 Å². The maximum Gasteiger partial charge on any atom is 0.608 e. The van der Waals surface area contributed by atoms with E-state index in [4.69, 9.17) is 4.89 Å². The van der Waals surface area contributed by atoms with Crippen LogP contribution in [-0.4, -0.2) is 27.4 Å². The lowest BCUT2D eigenvalue weighted by molar-refractivity contribution is 0.0798. The van der Waals surface area contributed by atoms with Crippen LogP contribution in [0.15, 0.2) is 18.7 Å². The van der Waals surface area contributed by atoms with Crippen LogP contribution in [0.1, 0.15) is 6.92 Å². The standard InChI is InChI=1S/C6H9N2O6P/c1-2-12-6(9)13-15(10,11)14-8-4-3-7-5-8/h3-5H,2H2,1H3,(H,10,11). The molecule has 84 valence electrons. The van der Waals surface area contributed by atoms with E-state index < -0.39 is 14.0 Å². The number of nitrogens with zero attached hydrogens (tertiary/aromatic N) is 2. The van der Waals surface area contributed by atoms with Gasteiger partial charge in [0.1, 0.15) is 6.33 Å². The number of carbonyl (C=O) groups is 1. The largest absolute Gasteiger partial charge is 0.608 e. The number of phosphoric acid groups is 1. The van der Waals surface area contributed by atoms with Crippen LogP contribution in [0.4, 0.5) is 4.79 Å². The van der Waals surface area contributed by atoms with Crippen LogP contribution >= 0.6 is 7.82 Å². The lowest BCUT2D eigenvalue weighted by Gasteiger charge is -2.11. The average Bonchev–Trinajstić information content (AvgIpc) is 2.54. The van der Waals surface area contributed by atoms with Crippen LogP contribution in [-0.2, 0) is 13.8 Å². The Balaban J connectivity index is 2.52. The zero-order valence-corrected chi connectivity index (χ0v) is 8.66. The third-order valence-electron chi connectivity index (χ3n) is 1.13. The molecule has 0 aliphatic heterocycles. The number of hydrogen-bond acceptors (Lipinski definition) is 6. The molecule has 0 aromatic carbocycles. The van der Waals surface area contributed by atoms with Crippen molar-refractivity contribution in [2.75, 3.05) is 6.61 Å². The van der Waals surface area contributed by atoms with Gasteiger partial charge in [-0.05, 0) is 6.92 Å². The molecule has 0 aliphatic carbocycles. The molecule has 1 heterocycles. The smallest absolute Gasteiger partial charge is 0.434 e. The third-order valence-corrected chi connectivity index (χ3v) is 1.90. The fraction of sp³-hybridized carbons (Fsp3) is 0.333. The van der Waals surface area contributed by atoms with Crippen molar-refractivity contribution in [2.45, 2.75) is 6.92 Å². The van der Waals surface area contributed by atoms with Gasteiger partial charge in [-0.1, -0.05) is 0 Å². The molecular formula is C6H9N2O6P. The van der Waals surface area contributed by atoms with E-state index in [9.17, 15) is 9.36 Å². The summed E-state index contributed by atoms with van der Waals surface area (Å²) in [7, 11) is -4.52.